The minimum Gasteiger partial charge on any atom is -0.491 e. The molecule has 0 radical (unpaired) electrons. The minimum absolute atomic E-state index is 0.0723. The number of amides is 1. The number of carbonyl (C=O) groups is 1. The Bertz CT molecular complexity index is 898. The molecule has 0 aliphatic heterocycles. The van der Waals surface area contributed by atoms with Crippen LogP contribution in [0.2, 0.25) is 0 Å². The number of pyridine rings is 1. The first-order chi connectivity index (χ1) is 13.0. The number of ether oxygens (including phenoxy) is 1. The number of nitrogens with zero attached hydrogens (tertiary/aromatic N) is 1. The van der Waals surface area contributed by atoms with Gasteiger partial charge in [-0.1, -0.05) is 36.4 Å². The summed E-state index contributed by atoms with van der Waals surface area (Å²) in [6.07, 6.45) is 5.36. The summed E-state index contributed by atoms with van der Waals surface area (Å²) < 4.78 is 5.67. The van der Waals surface area contributed by atoms with Crippen LogP contribution < -0.4 is 10.1 Å². The van der Waals surface area contributed by atoms with E-state index < -0.39 is 0 Å². The van der Waals surface area contributed by atoms with Crippen LogP contribution in [-0.4, -0.2) is 23.0 Å². The second kappa shape index (κ2) is 8.67. The van der Waals surface area contributed by atoms with Crippen LogP contribution in [0.25, 0.3) is 10.8 Å². The first-order valence-corrected chi connectivity index (χ1v) is 9.42. The predicted molar refractivity (Wildman–Crippen MR) is 109 cm³/mol. The fourth-order valence-corrected chi connectivity index (χ4v) is 3.06. The van der Waals surface area contributed by atoms with Gasteiger partial charge in [0.05, 0.1) is 11.7 Å². The van der Waals surface area contributed by atoms with Gasteiger partial charge in [-0.15, -0.1) is 0 Å². The second-order valence-corrected chi connectivity index (χ2v) is 7.13. The van der Waals surface area contributed by atoms with Crippen molar-refractivity contribution in [2.75, 3.05) is 0 Å². The topological polar surface area (TPSA) is 51.2 Å². The summed E-state index contributed by atoms with van der Waals surface area (Å²) in [5.74, 6) is 0.811. The maximum absolute atomic E-state index is 12.7. The Hall–Kier alpha value is -2.88. The van der Waals surface area contributed by atoms with Gasteiger partial charge < -0.3 is 10.1 Å². The van der Waals surface area contributed by atoms with Crippen molar-refractivity contribution in [3.8, 4) is 5.75 Å². The number of aryl methyl sites for hydroxylation is 1. The lowest BCUT2D eigenvalue weighted by Crippen LogP contribution is -2.33. The van der Waals surface area contributed by atoms with Gasteiger partial charge in [-0.2, -0.15) is 0 Å². The number of hydrogen-bond donors (Lipinski definition) is 1. The van der Waals surface area contributed by atoms with Crippen molar-refractivity contribution in [2.24, 2.45) is 0 Å². The number of hydrogen-bond acceptors (Lipinski definition) is 3. The van der Waals surface area contributed by atoms with Crippen LogP contribution in [0.4, 0.5) is 0 Å². The smallest absolute Gasteiger partial charge is 0.253 e. The van der Waals surface area contributed by atoms with Gasteiger partial charge in [0.25, 0.3) is 5.91 Å². The maximum atomic E-state index is 12.7. The molecule has 1 aromatic heterocycles. The lowest BCUT2D eigenvalue weighted by atomic mass is 10.0. The maximum Gasteiger partial charge on any atom is 0.253 e. The predicted octanol–water partition coefficient (Wildman–Crippen LogP) is 4.77. The molecule has 0 bridgehead atoms. The molecule has 0 saturated carbocycles. The van der Waals surface area contributed by atoms with Gasteiger partial charge >= 0.3 is 0 Å². The molecule has 1 heterocycles. The zero-order valence-corrected chi connectivity index (χ0v) is 16.1. The summed E-state index contributed by atoms with van der Waals surface area (Å²) in [5.41, 5.74) is 1.86. The third-order valence-electron chi connectivity index (χ3n) is 4.45. The molecule has 4 nitrogen and oxygen atoms in total. The van der Waals surface area contributed by atoms with Crippen LogP contribution in [0.15, 0.2) is 60.9 Å². The Morgan fingerprint density at radius 1 is 1.04 bits per heavy atom. The molecule has 140 valence electrons. The monoisotopic (exact) mass is 362 g/mol. The van der Waals surface area contributed by atoms with E-state index in [-0.39, 0.29) is 18.1 Å². The summed E-state index contributed by atoms with van der Waals surface area (Å²) in [5, 5.41) is 4.99. The first kappa shape index (κ1) is 18.9. The number of fused-ring (bicyclic) bond motifs is 1. The fraction of sp³-hybridized carbons (Fsp3) is 0.304. The van der Waals surface area contributed by atoms with E-state index in [9.17, 15) is 4.79 Å². The third kappa shape index (κ3) is 5.07. The Morgan fingerprint density at radius 2 is 1.78 bits per heavy atom. The van der Waals surface area contributed by atoms with Crippen LogP contribution >= 0.6 is 0 Å². The summed E-state index contributed by atoms with van der Waals surface area (Å²) in [7, 11) is 0. The lowest BCUT2D eigenvalue weighted by molar-refractivity contribution is 0.0940. The van der Waals surface area contributed by atoms with Gasteiger partial charge in [-0.25, -0.2) is 0 Å². The molecule has 4 heteroatoms. The highest BCUT2D eigenvalue weighted by atomic mass is 16.5. The van der Waals surface area contributed by atoms with Crippen molar-refractivity contribution in [3.63, 3.8) is 0 Å². The molecule has 0 fully saturated rings. The van der Waals surface area contributed by atoms with Crippen molar-refractivity contribution in [3.05, 3.63) is 72.1 Å². The summed E-state index contributed by atoms with van der Waals surface area (Å²) in [6.45, 7) is 6.07. The van der Waals surface area contributed by atoms with E-state index in [1.807, 2.05) is 57.2 Å². The highest BCUT2D eigenvalue weighted by Crippen LogP contribution is 2.18. The van der Waals surface area contributed by atoms with Crippen molar-refractivity contribution >= 4 is 16.7 Å². The van der Waals surface area contributed by atoms with Crippen LogP contribution in [0.5, 0.6) is 5.75 Å². The van der Waals surface area contributed by atoms with Gasteiger partial charge in [-0.05, 0) is 56.7 Å². The lowest BCUT2D eigenvalue weighted by Gasteiger charge is -2.15. The van der Waals surface area contributed by atoms with E-state index >= 15 is 0 Å². The molecule has 1 amide bonds. The quantitative estimate of drug-likeness (QED) is 0.658. The van der Waals surface area contributed by atoms with E-state index in [2.05, 4.69) is 22.4 Å². The van der Waals surface area contributed by atoms with Gasteiger partial charge in [0.2, 0.25) is 0 Å². The van der Waals surface area contributed by atoms with Gasteiger partial charge in [0, 0.05) is 23.8 Å². The number of rotatable bonds is 7. The SMILES string of the molecule is CC(CCc1ccc(OC(C)C)cc1)NC(=O)c1cncc2ccccc12. The molecular weight excluding hydrogens is 336 g/mol. The Kier molecular flexibility index (Phi) is 6.07. The summed E-state index contributed by atoms with van der Waals surface area (Å²) >= 11 is 0. The van der Waals surface area contributed by atoms with Crippen LogP contribution in [0, 0.1) is 0 Å². The van der Waals surface area contributed by atoms with E-state index in [0.717, 1.165) is 29.4 Å². The largest absolute Gasteiger partial charge is 0.491 e. The molecule has 0 saturated heterocycles. The Labute approximate surface area is 160 Å². The van der Waals surface area contributed by atoms with Crippen molar-refractivity contribution < 1.29 is 9.53 Å². The molecule has 2 aromatic carbocycles. The van der Waals surface area contributed by atoms with Gasteiger partial charge in [0.1, 0.15) is 5.75 Å². The zero-order chi connectivity index (χ0) is 19.2. The van der Waals surface area contributed by atoms with Gasteiger partial charge in [-0.3, -0.25) is 9.78 Å². The Morgan fingerprint density at radius 3 is 2.52 bits per heavy atom. The highest BCUT2D eigenvalue weighted by Gasteiger charge is 2.13. The normalized spacial score (nSPS) is 12.1. The van der Waals surface area contributed by atoms with Gasteiger partial charge in [0.15, 0.2) is 0 Å². The van der Waals surface area contributed by atoms with Crippen LogP contribution in [-0.2, 0) is 6.42 Å². The fourth-order valence-electron chi connectivity index (χ4n) is 3.06. The standard InChI is InChI=1S/C23H26N2O2/c1-16(2)27-20-12-10-18(11-13-20)9-8-17(3)25-23(26)22-15-24-14-19-6-4-5-7-21(19)22/h4-7,10-17H,8-9H2,1-3H3,(H,25,26). The Balaban J connectivity index is 1.57. The second-order valence-electron chi connectivity index (χ2n) is 7.13. The van der Waals surface area contributed by atoms with E-state index in [0.29, 0.717) is 5.56 Å². The highest BCUT2D eigenvalue weighted by molar-refractivity contribution is 6.06. The van der Waals surface area contributed by atoms with Crippen molar-refractivity contribution in [1.29, 1.82) is 0 Å². The summed E-state index contributed by atoms with van der Waals surface area (Å²) in [4.78, 5) is 16.9. The van der Waals surface area contributed by atoms with Crippen LogP contribution in [0.3, 0.4) is 0 Å². The number of benzene rings is 2. The van der Waals surface area contributed by atoms with Crippen LogP contribution in [0.1, 0.15) is 43.1 Å². The average Bonchev–Trinajstić information content (AvgIpc) is 2.66. The first-order valence-electron chi connectivity index (χ1n) is 9.42. The minimum atomic E-state index is -0.0764. The number of aromatic nitrogens is 1. The summed E-state index contributed by atoms with van der Waals surface area (Å²) in [6, 6.07) is 16.1. The van der Waals surface area contributed by atoms with Crippen molar-refractivity contribution in [1.82, 2.24) is 10.3 Å². The molecule has 1 atom stereocenters. The molecule has 0 aliphatic carbocycles. The van der Waals surface area contributed by atoms with E-state index in [1.54, 1.807) is 12.4 Å². The average molecular weight is 362 g/mol. The molecule has 3 aromatic rings. The molecule has 0 spiro atoms. The van der Waals surface area contributed by atoms with Crippen molar-refractivity contribution in [2.45, 2.75) is 45.8 Å². The molecule has 0 aliphatic rings. The molecule has 3 rings (SSSR count). The molecule has 1 N–H and O–H groups in total. The van der Waals surface area contributed by atoms with E-state index in [4.69, 9.17) is 4.74 Å². The number of nitrogens with one attached hydrogen (secondary N) is 1. The molecular formula is C23H26N2O2. The molecule has 1 unspecified atom stereocenters. The molecule has 27 heavy (non-hydrogen) atoms. The van der Waals surface area contributed by atoms with E-state index in [1.165, 1.54) is 5.56 Å². The third-order valence-corrected chi connectivity index (χ3v) is 4.45. The zero-order valence-electron chi connectivity index (χ0n) is 16.1. The number of carbonyl (C=O) groups excluding carboxylic acids is 1.